The van der Waals surface area contributed by atoms with E-state index in [-0.39, 0.29) is 12.1 Å². The Morgan fingerprint density at radius 3 is 3.12 bits per heavy atom. The van der Waals surface area contributed by atoms with Crippen LogP contribution in [0.2, 0.25) is 0 Å². The van der Waals surface area contributed by atoms with Gasteiger partial charge in [-0.3, -0.25) is 0 Å². The van der Waals surface area contributed by atoms with Gasteiger partial charge in [0.25, 0.3) is 0 Å². The van der Waals surface area contributed by atoms with Crippen molar-refractivity contribution in [3.8, 4) is 5.75 Å². The Morgan fingerprint density at radius 2 is 2.44 bits per heavy atom. The average Bonchev–Trinajstić information content (AvgIpc) is 2.70. The molecule has 1 heterocycles. The van der Waals surface area contributed by atoms with Crippen LogP contribution in [0.25, 0.3) is 0 Å². The third kappa shape index (κ3) is 2.14. The van der Waals surface area contributed by atoms with E-state index in [1.165, 1.54) is 0 Å². The number of hydrogen-bond acceptors (Lipinski definition) is 3. The molecule has 2 rings (SSSR count). The fraction of sp³-hybridized carbons (Fsp3) is 0.417. The SMILES string of the molecule is CCOC(=O)c1ccc2c(c1)CC(CCl)O2. The molecule has 4 heteroatoms. The van der Waals surface area contributed by atoms with Gasteiger partial charge in [0.15, 0.2) is 0 Å². The largest absolute Gasteiger partial charge is 0.489 e. The highest BCUT2D eigenvalue weighted by Gasteiger charge is 2.23. The zero-order valence-corrected chi connectivity index (χ0v) is 9.79. The number of esters is 1. The highest BCUT2D eigenvalue weighted by atomic mass is 35.5. The van der Waals surface area contributed by atoms with Crippen molar-refractivity contribution in [2.75, 3.05) is 12.5 Å². The Balaban J connectivity index is 2.19. The van der Waals surface area contributed by atoms with E-state index in [1.54, 1.807) is 19.1 Å². The summed E-state index contributed by atoms with van der Waals surface area (Å²) in [5.41, 5.74) is 1.59. The summed E-state index contributed by atoms with van der Waals surface area (Å²) >= 11 is 5.73. The zero-order chi connectivity index (χ0) is 11.5. The molecule has 0 amide bonds. The lowest BCUT2D eigenvalue weighted by atomic mass is 10.1. The lowest BCUT2D eigenvalue weighted by Gasteiger charge is -2.05. The molecule has 0 spiro atoms. The Morgan fingerprint density at radius 1 is 1.62 bits per heavy atom. The summed E-state index contributed by atoms with van der Waals surface area (Å²) < 4.78 is 10.5. The third-order valence-electron chi connectivity index (χ3n) is 2.48. The van der Waals surface area contributed by atoms with Crippen LogP contribution in [0.3, 0.4) is 0 Å². The normalized spacial score (nSPS) is 17.8. The van der Waals surface area contributed by atoms with Gasteiger partial charge in [-0.05, 0) is 30.7 Å². The van der Waals surface area contributed by atoms with E-state index in [0.29, 0.717) is 18.1 Å². The minimum atomic E-state index is -0.292. The summed E-state index contributed by atoms with van der Waals surface area (Å²) in [6.45, 7) is 2.18. The molecule has 1 unspecified atom stereocenters. The molecule has 3 nitrogen and oxygen atoms in total. The number of carbonyl (C=O) groups is 1. The Labute approximate surface area is 99.3 Å². The number of fused-ring (bicyclic) bond motifs is 1. The molecule has 86 valence electrons. The molecule has 16 heavy (non-hydrogen) atoms. The quantitative estimate of drug-likeness (QED) is 0.601. The van der Waals surface area contributed by atoms with Crippen molar-refractivity contribution in [1.29, 1.82) is 0 Å². The topological polar surface area (TPSA) is 35.5 Å². The third-order valence-corrected chi connectivity index (χ3v) is 2.83. The number of benzene rings is 1. The van der Waals surface area contributed by atoms with Crippen LogP contribution in [-0.2, 0) is 11.2 Å². The van der Waals surface area contributed by atoms with Gasteiger partial charge in [-0.25, -0.2) is 4.79 Å². The molecule has 1 atom stereocenters. The zero-order valence-electron chi connectivity index (χ0n) is 9.03. The fourth-order valence-corrected chi connectivity index (χ4v) is 1.92. The highest BCUT2D eigenvalue weighted by Crippen LogP contribution is 2.30. The monoisotopic (exact) mass is 240 g/mol. The van der Waals surface area contributed by atoms with Gasteiger partial charge in [-0.15, -0.1) is 11.6 Å². The van der Waals surface area contributed by atoms with Crippen LogP contribution in [0.5, 0.6) is 5.75 Å². The van der Waals surface area contributed by atoms with E-state index in [0.717, 1.165) is 17.7 Å². The van der Waals surface area contributed by atoms with Gasteiger partial charge < -0.3 is 9.47 Å². The molecule has 1 aliphatic rings. The van der Waals surface area contributed by atoms with Crippen LogP contribution in [0, 0.1) is 0 Å². The molecule has 0 aliphatic carbocycles. The van der Waals surface area contributed by atoms with Crippen molar-refractivity contribution in [2.45, 2.75) is 19.4 Å². The van der Waals surface area contributed by atoms with E-state index >= 15 is 0 Å². The van der Waals surface area contributed by atoms with Crippen molar-refractivity contribution in [3.63, 3.8) is 0 Å². The van der Waals surface area contributed by atoms with Crippen molar-refractivity contribution in [1.82, 2.24) is 0 Å². The Kier molecular flexibility index (Phi) is 3.34. The van der Waals surface area contributed by atoms with Gasteiger partial charge in [-0.1, -0.05) is 0 Å². The van der Waals surface area contributed by atoms with Crippen LogP contribution in [0.1, 0.15) is 22.8 Å². The number of rotatable bonds is 3. The molecule has 0 fully saturated rings. The van der Waals surface area contributed by atoms with Gasteiger partial charge >= 0.3 is 5.97 Å². The molecule has 0 radical (unpaired) electrons. The minimum absolute atomic E-state index is 0.0223. The summed E-state index contributed by atoms with van der Waals surface area (Å²) in [7, 11) is 0. The smallest absolute Gasteiger partial charge is 0.338 e. The first kappa shape index (κ1) is 11.3. The molecule has 0 aromatic heterocycles. The second-order valence-corrected chi connectivity index (χ2v) is 3.95. The first-order valence-corrected chi connectivity index (χ1v) is 5.80. The van der Waals surface area contributed by atoms with Crippen LogP contribution in [0.15, 0.2) is 18.2 Å². The number of alkyl halides is 1. The minimum Gasteiger partial charge on any atom is -0.489 e. The van der Waals surface area contributed by atoms with Gasteiger partial charge in [0.1, 0.15) is 11.9 Å². The lowest BCUT2D eigenvalue weighted by Crippen LogP contribution is -2.13. The summed E-state index contributed by atoms with van der Waals surface area (Å²) in [6, 6.07) is 5.33. The van der Waals surface area contributed by atoms with Crippen molar-refractivity contribution < 1.29 is 14.3 Å². The van der Waals surface area contributed by atoms with E-state index < -0.39 is 0 Å². The molecule has 0 N–H and O–H groups in total. The van der Waals surface area contributed by atoms with Gasteiger partial charge in [0, 0.05) is 6.42 Å². The van der Waals surface area contributed by atoms with Gasteiger partial charge in [0.2, 0.25) is 0 Å². The van der Waals surface area contributed by atoms with Crippen molar-refractivity contribution in [2.24, 2.45) is 0 Å². The fourth-order valence-electron chi connectivity index (χ4n) is 1.75. The second kappa shape index (κ2) is 4.74. The number of halogens is 1. The molecule has 1 aromatic rings. The number of hydrogen-bond donors (Lipinski definition) is 0. The summed E-state index contributed by atoms with van der Waals surface area (Å²) in [4.78, 5) is 11.5. The maximum absolute atomic E-state index is 11.5. The van der Waals surface area contributed by atoms with Gasteiger partial charge in [0.05, 0.1) is 18.1 Å². The molecule has 0 bridgehead atoms. The molecular weight excluding hydrogens is 228 g/mol. The molecular formula is C12H13ClO3. The van der Waals surface area contributed by atoms with Gasteiger partial charge in [-0.2, -0.15) is 0 Å². The molecule has 1 aromatic carbocycles. The van der Waals surface area contributed by atoms with Crippen LogP contribution in [0.4, 0.5) is 0 Å². The number of carbonyl (C=O) groups excluding carboxylic acids is 1. The average molecular weight is 241 g/mol. The van der Waals surface area contributed by atoms with Crippen LogP contribution in [-0.4, -0.2) is 24.6 Å². The maximum Gasteiger partial charge on any atom is 0.338 e. The Bertz CT molecular complexity index is 403. The van der Waals surface area contributed by atoms with E-state index in [2.05, 4.69) is 0 Å². The predicted octanol–water partition coefficient (Wildman–Crippen LogP) is 2.41. The summed E-state index contributed by atoms with van der Waals surface area (Å²) in [5, 5.41) is 0. The van der Waals surface area contributed by atoms with Crippen LogP contribution >= 0.6 is 11.6 Å². The first-order chi connectivity index (χ1) is 7.74. The predicted molar refractivity (Wildman–Crippen MR) is 61.2 cm³/mol. The maximum atomic E-state index is 11.5. The van der Waals surface area contributed by atoms with E-state index in [1.807, 2.05) is 6.07 Å². The highest BCUT2D eigenvalue weighted by molar-refractivity contribution is 6.18. The lowest BCUT2D eigenvalue weighted by molar-refractivity contribution is 0.0526. The van der Waals surface area contributed by atoms with Crippen LogP contribution < -0.4 is 4.74 Å². The molecule has 0 saturated heterocycles. The molecule has 0 saturated carbocycles. The van der Waals surface area contributed by atoms with E-state index in [4.69, 9.17) is 21.1 Å². The first-order valence-electron chi connectivity index (χ1n) is 5.27. The van der Waals surface area contributed by atoms with Crippen molar-refractivity contribution >= 4 is 17.6 Å². The van der Waals surface area contributed by atoms with Crippen molar-refractivity contribution in [3.05, 3.63) is 29.3 Å². The molecule has 1 aliphatic heterocycles. The summed E-state index contributed by atoms with van der Waals surface area (Å²) in [5.74, 6) is 0.988. The standard InChI is InChI=1S/C12H13ClO3/c1-2-15-12(14)8-3-4-11-9(5-8)6-10(7-13)16-11/h3-5,10H,2,6-7H2,1H3. The van der Waals surface area contributed by atoms with E-state index in [9.17, 15) is 4.79 Å². The Hall–Kier alpha value is -1.22. The second-order valence-electron chi connectivity index (χ2n) is 3.64. The summed E-state index contributed by atoms with van der Waals surface area (Å²) in [6.07, 6.45) is 0.778. The number of ether oxygens (including phenoxy) is 2.